The summed E-state index contributed by atoms with van der Waals surface area (Å²) in [6, 6.07) is 5.16. The molecule has 20 heavy (non-hydrogen) atoms. The average molecular weight is 341 g/mol. The van der Waals surface area contributed by atoms with Crippen molar-refractivity contribution in [3.63, 3.8) is 0 Å². The van der Waals surface area contributed by atoms with Crippen molar-refractivity contribution in [1.82, 2.24) is 10.2 Å². The van der Waals surface area contributed by atoms with Crippen molar-refractivity contribution in [2.24, 2.45) is 0 Å². The zero-order valence-corrected chi connectivity index (χ0v) is 13.1. The van der Waals surface area contributed by atoms with Crippen molar-refractivity contribution >= 4 is 27.7 Å². The van der Waals surface area contributed by atoms with Gasteiger partial charge in [0.05, 0.1) is 7.11 Å². The molecule has 1 unspecified atom stereocenters. The molecule has 1 saturated heterocycles. The van der Waals surface area contributed by atoms with Gasteiger partial charge in [-0.05, 0) is 30.7 Å². The highest BCUT2D eigenvalue weighted by atomic mass is 79.9. The molecule has 0 saturated carbocycles. The molecular formula is C14H17BrN2O3. The van der Waals surface area contributed by atoms with Crippen molar-refractivity contribution in [3.05, 3.63) is 28.2 Å². The molecule has 0 aromatic heterocycles. The quantitative estimate of drug-likeness (QED) is 0.910. The van der Waals surface area contributed by atoms with Crippen LogP contribution in [0.2, 0.25) is 0 Å². The van der Waals surface area contributed by atoms with E-state index < -0.39 is 6.04 Å². The van der Waals surface area contributed by atoms with Gasteiger partial charge in [0, 0.05) is 24.0 Å². The number of nitrogens with one attached hydrogen (secondary N) is 1. The van der Waals surface area contributed by atoms with Gasteiger partial charge in [-0.2, -0.15) is 0 Å². The number of ether oxygens (including phenoxy) is 1. The maximum Gasteiger partial charge on any atom is 0.245 e. The summed E-state index contributed by atoms with van der Waals surface area (Å²) < 4.78 is 6.12. The Morgan fingerprint density at radius 3 is 2.90 bits per heavy atom. The van der Waals surface area contributed by atoms with Crippen LogP contribution in [-0.2, 0) is 16.1 Å². The fraction of sp³-hybridized carbons (Fsp3) is 0.429. The van der Waals surface area contributed by atoms with Crippen LogP contribution in [0.25, 0.3) is 0 Å². The van der Waals surface area contributed by atoms with Crippen LogP contribution in [0.15, 0.2) is 22.7 Å². The topological polar surface area (TPSA) is 58.6 Å². The first-order valence-electron chi connectivity index (χ1n) is 6.42. The van der Waals surface area contributed by atoms with E-state index in [1.165, 1.54) is 0 Å². The van der Waals surface area contributed by atoms with Crippen LogP contribution in [0.1, 0.15) is 18.9 Å². The summed E-state index contributed by atoms with van der Waals surface area (Å²) in [5.41, 5.74) is 0.958. The molecule has 1 fully saturated rings. The van der Waals surface area contributed by atoms with E-state index >= 15 is 0 Å². The number of hydrogen-bond donors (Lipinski definition) is 1. The first kappa shape index (κ1) is 14.8. The van der Waals surface area contributed by atoms with E-state index in [-0.39, 0.29) is 11.8 Å². The summed E-state index contributed by atoms with van der Waals surface area (Å²) in [6.45, 7) is 2.59. The molecule has 1 aromatic rings. The van der Waals surface area contributed by atoms with E-state index in [1.807, 2.05) is 18.2 Å². The zero-order chi connectivity index (χ0) is 14.7. The number of hydrogen-bond acceptors (Lipinski definition) is 3. The predicted octanol–water partition coefficient (Wildman–Crippen LogP) is 1.69. The Labute approximate surface area is 126 Å². The number of methoxy groups -OCH3 is 1. The molecule has 5 nitrogen and oxygen atoms in total. The lowest BCUT2D eigenvalue weighted by atomic mass is 10.2. The smallest absolute Gasteiger partial charge is 0.245 e. The predicted molar refractivity (Wildman–Crippen MR) is 78.3 cm³/mol. The maximum absolute atomic E-state index is 12.2. The van der Waals surface area contributed by atoms with Crippen molar-refractivity contribution in [3.8, 4) is 5.75 Å². The van der Waals surface area contributed by atoms with Crippen LogP contribution < -0.4 is 10.1 Å². The summed E-state index contributed by atoms with van der Waals surface area (Å²) in [4.78, 5) is 25.4. The summed E-state index contributed by atoms with van der Waals surface area (Å²) >= 11 is 3.48. The van der Waals surface area contributed by atoms with Crippen LogP contribution in [0.5, 0.6) is 5.75 Å². The minimum Gasteiger partial charge on any atom is -0.497 e. The largest absolute Gasteiger partial charge is 0.497 e. The molecule has 1 aromatic carbocycles. The van der Waals surface area contributed by atoms with Crippen molar-refractivity contribution in [2.75, 3.05) is 13.7 Å². The summed E-state index contributed by atoms with van der Waals surface area (Å²) in [7, 11) is 1.61. The SMILES string of the molecule is COc1ccc(Br)c(CN2CCC(=O)NC(C)C2=O)c1. The Morgan fingerprint density at radius 2 is 2.20 bits per heavy atom. The van der Waals surface area contributed by atoms with Crippen LogP contribution in [0.3, 0.4) is 0 Å². The third kappa shape index (κ3) is 3.30. The van der Waals surface area contributed by atoms with Gasteiger partial charge in [0.15, 0.2) is 0 Å². The first-order chi connectivity index (χ1) is 9.51. The van der Waals surface area contributed by atoms with Crippen LogP contribution in [-0.4, -0.2) is 36.4 Å². The molecule has 0 spiro atoms. The molecule has 0 bridgehead atoms. The van der Waals surface area contributed by atoms with Gasteiger partial charge < -0.3 is 15.0 Å². The Balaban J connectivity index is 2.19. The summed E-state index contributed by atoms with van der Waals surface area (Å²) in [5.74, 6) is 0.594. The number of benzene rings is 1. The number of rotatable bonds is 3. The van der Waals surface area contributed by atoms with Crippen molar-refractivity contribution in [2.45, 2.75) is 25.9 Å². The third-order valence-electron chi connectivity index (χ3n) is 3.28. The van der Waals surface area contributed by atoms with Gasteiger partial charge in [0.1, 0.15) is 11.8 Å². The summed E-state index contributed by atoms with van der Waals surface area (Å²) in [5, 5.41) is 2.68. The second-order valence-corrected chi connectivity index (χ2v) is 5.61. The van der Waals surface area contributed by atoms with E-state index in [1.54, 1.807) is 18.9 Å². The van der Waals surface area contributed by atoms with E-state index in [0.717, 1.165) is 15.8 Å². The highest BCUT2D eigenvalue weighted by Crippen LogP contribution is 2.24. The first-order valence-corrected chi connectivity index (χ1v) is 7.21. The lowest BCUT2D eigenvalue weighted by Gasteiger charge is -2.23. The molecule has 0 aliphatic carbocycles. The normalized spacial score (nSPS) is 19.6. The average Bonchev–Trinajstić information content (AvgIpc) is 2.54. The van der Waals surface area contributed by atoms with Crippen molar-refractivity contribution in [1.29, 1.82) is 0 Å². The van der Waals surface area contributed by atoms with Crippen molar-refractivity contribution < 1.29 is 14.3 Å². The third-order valence-corrected chi connectivity index (χ3v) is 4.06. The molecule has 1 N–H and O–H groups in total. The van der Waals surface area contributed by atoms with Gasteiger partial charge in [-0.25, -0.2) is 0 Å². The van der Waals surface area contributed by atoms with E-state index in [0.29, 0.717) is 19.5 Å². The number of carbonyl (C=O) groups is 2. The molecule has 1 heterocycles. The van der Waals surface area contributed by atoms with E-state index in [4.69, 9.17) is 4.74 Å². The summed E-state index contributed by atoms with van der Waals surface area (Å²) in [6.07, 6.45) is 0.331. The molecular weight excluding hydrogens is 324 g/mol. The Hall–Kier alpha value is -1.56. The zero-order valence-electron chi connectivity index (χ0n) is 11.5. The molecule has 0 radical (unpaired) electrons. The number of carbonyl (C=O) groups excluding carboxylic acids is 2. The highest BCUT2D eigenvalue weighted by Gasteiger charge is 2.26. The molecule has 6 heteroatoms. The van der Waals surface area contributed by atoms with Crippen LogP contribution in [0.4, 0.5) is 0 Å². The van der Waals surface area contributed by atoms with Crippen LogP contribution >= 0.6 is 15.9 Å². The second kappa shape index (κ2) is 6.26. The molecule has 1 aliphatic heterocycles. The minimum atomic E-state index is -0.477. The number of nitrogens with zero attached hydrogens (tertiary/aromatic N) is 1. The Morgan fingerprint density at radius 1 is 1.45 bits per heavy atom. The minimum absolute atomic E-state index is 0.0643. The van der Waals surface area contributed by atoms with Gasteiger partial charge in [0.2, 0.25) is 11.8 Å². The highest BCUT2D eigenvalue weighted by molar-refractivity contribution is 9.10. The van der Waals surface area contributed by atoms with Gasteiger partial charge in [0.25, 0.3) is 0 Å². The van der Waals surface area contributed by atoms with Gasteiger partial charge in [-0.1, -0.05) is 15.9 Å². The number of amides is 2. The van der Waals surface area contributed by atoms with Gasteiger partial charge >= 0.3 is 0 Å². The van der Waals surface area contributed by atoms with Gasteiger partial charge in [-0.15, -0.1) is 0 Å². The Bertz CT molecular complexity index is 533. The molecule has 108 valence electrons. The maximum atomic E-state index is 12.2. The lowest BCUT2D eigenvalue weighted by molar-refractivity contribution is -0.133. The number of halogens is 1. The monoisotopic (exact) mass is 340 g/mol. The molecule has 1 aliphatic rings. The molecule has 1 atom stereocenters. The fourth-order valence-electron chi connectivity index (χ4n) is 2.16. The van der Waals surface area contributed by atoms with E-state index in [2.05, 4.69) is 21.2 Å². The molecule has 2 rings (SSSR count). The fourth-order valence-corrected chi connectivity index (χ4v) is 2.53. The van der Waals surface area contributed by atoms with Gasteiger partial charge in [-0.3, -0.25) is 9.59 Å². The van der Waals surface area contributed by atoms with Crippen LogP contribution in [0, 0.1) is 0 Å². The lowest BCUT2D eigenvalue weighted by Crippen LogP contribution is -2.42. The molecule has 2 amide bonds. The standard InChI is InChI=1S/C14H17BrN2O3/c1-9-14(19)17(6-5-13(18)16-9)8-10-7-11(20-2)3-4-12(10)15/h3-4,7,9H,5-6,8H2,1-2H3,(H,16,18). The Kier molecular flexibility index (Phi) is 4.65. The van der Waals surface area contributed by atoms with E-state index in [9.17, 15) is 9.59 Å². The second-order valence-electron chi connectivity index (χ2n) is 4.76.